The molecule has 1 aliphatic rings. The van der Waals surface area contributed by atoms with E-state index < -0.39 is 11.9 Å². The first kappa shape index (κ1) is 13.9. The fraction of sp³-hybridized carbons (Fsp3) is 0. The summed E-state index contributed by atoms with van der Waals surface area (Å²) in [4.78, 5) is 24.2. The van der Waals surface area contributed by atoms with Crippen LogP contribution >= 0.6 is 0 Å². The van der Waals surface area contributed by atoms with Crippen molar-refractivity contribution in [3.05, 3.63) is 83.9 Å². The van der Waals surface area contributed by atoms with Crippen LogP contribution in [0, 0.1) is 0 Å². The Bertz CT molecular complexity index is 1180. The number of carbonyl (C=O) groups excluding carboxylic acids is 2. The number of esters is 2. The Kier molecular flexibility index (Phi) is 2.80. The molecule has 0 spiro atoms. The van der Waals surface area contributed by atoms with E-state index in [1.54, 1.807) is 12.1 Å². The molecule has 0 amide bonds. The van der Waals surface area contributed by atoms with Crippen molar-refractivity contribution in [2.24, 2.45) is 0 Å². The number of hydrogen-bond donors (Lipinski definition) is 0. The van der Waals surface area contributed by atoms with Gasteiger partial charge in [-0.1, -0.05) is 60.7 Å². The minimum absolute atomic E-state index is 0.439. The van der Waals surface area contributed by atoms with Crippen molar-refractivity contribution in [1.82, 2.24) is 0 Å². The van der Waals surface area contributed by atoms with Crippen LogP contribution in [0.4, 0.5) is 0 Å². The van der Waals surface area contributed by atoms with E-state index in [0.717, 1.165) is 27.3 Å². The third-order valence-corrected chi connectivity index (χ3v) is 4.75. The summed E-state index contributed by atoms with van der Waals surface area (Å²) in [6.07, 6.45) is 0. The molecule has 3 heteroatoms. The van der Waals surface area contributed by atoms with Crippen molar-refractivity contribution < 1.29 is 14.3 Å². The fourth-order valence-corrected chi connectivity index (χ4v) is 3.64. The number of cyclic esters (lactones) is 2. The van der Waals surface area contributed by atoms with Crippen LogP contribution in [0.5, 0.6) is 0 Å². The third-order valence-electron chi connectivity index (χ3n) is 4.75. The molecule has 1 heterocycles. The molecule has 0 aliphatic carbocycles. The van der Waals surface area contributed by atoms with Crippen LogP contribution in [0.2, 0.25) is 0 Å². The summed E-state index contributed by atoms with van der Waals surface area (Å²) >= 11 is 0. The van der Waals surface area contributed by atoms with Crippen molar-refractivity contribution >= 4 is 33.5 Å². The molecule has 0 radical (unpaired) electrons. The highest BCUT2D eigenvalue weighted by Crippen LogP contribution is 2.38. The molecule has 4 aromatic rings. The van der Waals surface area contributed by atoms with Gasteiger partial charge >= 0.3 is 11.9 Å². The van der Waals surface area contributed by atoms with Crippen molar-refractivity contribution in [2.75, 3.05) is 0 Å². The van der Waals surface area contributed by atoms with E-state index in [1.165, 1.54) is 0 Å². The van der Waals surface area contributed by atoms with Gasteiger partial charge in [-0.2, -0.15) is 0 Å². The molecule has 0 aromatic heterocycles. The van der Waals surface area contributed by atoms with Gasteiger partial charge < -0.3 is 4.74 Å². The molecule has 1 aliphatic heterocycles. The number of fused-ring (bicyclic) bond motifs is 1. The number of carbonyl (C=O) groups is 2. The molecule has 0 unspecified atom stereocenters. The molecule has 4 aromatic carbocycles. The van der Waals surface area contributed by atoms with Gasteiger partial charge in [0.15, 0.2) is 0 Å². The highest BCUT2D eigenvalue weighted by atomic mass is 16.6. The number of hydrogen-bond acceptors (Lipinski definition) is 3. The molecule has 0 N–H and O–H groups in total. The Labute approximate surface area is 143 Å². The van der Waals surface area contributed by atoms with Gasteiger partial charge in [-0.15, -0.1) is 0 Å². The standard InChI is InChI=1S/C22H12O3/c23-21-18-10-4-9-17-16(11-12-19(20(17)18)22(24)25-21)15-8-3-6-13-5-1-2-7-14(13)15/h1-12H. The normalized spacial score (nSPS) is 13.3. The first-order valence-electron chi connectivity index (χ1n) is 8.04. The van der Waals surface area contributed by atoms with E-state index in [-0.39, 0.29) is 0 Å². The van der Waals surface area contributed by atoms with Gasteiger partial charge in [-0.05, 0) is 39.4 Å². The van der Waals surface area contributed by atoms with E-state index >= 15 is 0 Å². The van der Waals surface area contributed by atoms with Crippen LogP contribution in [0.3, 0.4) is 0 Å². The number of ether oxygens (including phenoxy) is 1. The van der Waals surface area contributed by atoms with Gasteiger partial charge in [0.2, 0.25) is 0 Å². The number of rotatable bonds is 1. The Morgan fingerprint density at radius 3 is 1.96 bits per heavy atom. The van der Waals surface area contributed by atoms with E-state index in [2.05, 4.69) is 24.3 Å². The van der Waals surface area contributed by atoms with Crippen LogP contribution in [0.1, 0.15) is 20.7 Å². The lowest BCUT2D eigenvalue weighted by Crippen LogP contribution is -2.19. The SMILES string of the molecule is O=C1OC(=O)c2ccc(-c3cccc4ccccc34)c3cccc1c23. The average Bonchev–Trinajstić information content (AvgIpc) is 2.65. The zero-order valence-corrected chi connectivity index (χ0v) is 13.2. The molecule has 25 heavy (non-hydrogen) atoms. The topological polar surface area (TPSA) is 43.4 Å². The zero-order valence-electron chi connectivity index (χ0n) is 13.2. The second-order valence-corrected chi connectivity index (χ2v) is 6.09. The predicted octanol–water partition coefficient (Wildman–Crippen LogP) is 4.97. The lowest BCUT2D eigenvalue weighted by molar-refractivity contribution is 0.0391. The maximum Gasteiger partial charge on any atom is 0.346 e. The van der Waals surface area contributed by atoms with Crippen LogP contribution < -0.4 is 0 Å². The summed E-state index contributed by atoms with van der Waals surface area (Å²) in [6, 6.07) is 23.5. The molecule has 118 valence electrons. The monoisotopic (exact) mass is 324 g/mol. The van der Waals surface area contributed by atoms with Gasteiger partial charge in [0, 0.05) is 5.39 Å². The summed E-state index contributed by atoms with van der Waals surface area (Å²) in [6.45, 7) is 0. The van der Waals surface area contributed by atoms with Crippen molar-refractivity contribution in [2.45, 2.75) is 0 Å². The summed E-state index contributed by atoms with van der Waals surface area (Å²) in [7, 11) is 0. The van der Waals surface area contributed by atoms with Gasteiger partial charge in [0.25, 0.3) is 0 Å². The number of benzene rings is 4. The Morgan fingerprint density at radius 2 is 1.08 bits per heavy atom. The quantitative estimate of drug-likeness (QED) is 0.367. The third kappa shape index (κ3) is 1.93. The molecular weight excluding hydrogens is 312 g/mol. The van der Waals surface area contributed by atoms with E-state index in [0.29, 0.717) is 16.5 Å². The van der Waals surface area contributed by atoms with Gasteiger partial charge in [0.1, 0.15) is 0 Å². The molecule has 0 saturated carbocycles. The van der Waals surface area contributed by atoms with E-state index in [1.807, 2.05) is 36.4 Å². The zero-order chi connectivity index (χ0) is 17.0. The van der Waals surface area contributed by atoms with Crippen LogP contribution in [0.15, 0.2) is 72.8 Å². The summed E-state index contributed by atoms with van der Waals surface area (Å²) in [5.41, 5.74) is 2.96. The molecule has 0 bridgehead atoms. The van der Waals surface area contributed by atoms with Crippen molar-refractivity contribution in [1.29, 1.82) is 0 Å². The Morgan fingerprint density at radius 1 is 0.520 bits per heavy atom. The second-order valence-electron chi connectivity index (χ2n) is 6.09. The van der Waals surface area contributed by atoms with E-state index in [9.17, 15) is 9.59 Å². The van der Waals surface area contributed by atoms with Crippen molar-refractivity contribution in [3.63, 3.8) is 0 Å². The minimum Gasteiger partial charge on any atom is -0.386 e. The van der Waals surface area contributed by atoms with E-state index in [4.69, 9.17) is 4.74 Å². The molecule has 0 fully saturated rings. The lowest BCUT2D eigenvalue weighted by atomic mass is 9.89. The largest absolute Gasteiger partial charge is 0.386 e. The fourth-order valence-electron chi connectivity index (χ4n) is 3.64. The molecular formula is C22H12O3. The maximum absolute atomic E-state index is 12.1. The van der Waals surface area contributed by atoms with Crippen LogP contribution in [0.25, 0.3) is 32.7 Å². The molecule has 3 nitrogen and oxygen atoms in total. The highest BCUT2D eigenvalue weighted by molar-refractivity contribution is 6.23. The first-order valence-corrected chi connectivity index (χ1v) is 8.04. The highest BCUT2D eigenvalue weighted by Gasteiger charge is 2.28. The minimum atomic E-state index is -0.585. The summed E-state index contributed by atoms with van der Waals surface area (Å²) in [5.74, 6) is -1.17. The first-order chi connectivity index (χ1) is 12.2. The van der Waals surface area contributed by atoms with Gasteiger partial charge in [0.05, 0.1) is 11.1 Å². The Hall–Kier alpha value is -3.46. The molecule has 5 rings (SSSR count). The molecule has 0 saturated heterocycles. The van der Waals surface area contributed by atoms with Crippen molar-refractivity contribution in [3.8, 4) is 11.1 Å². The molecule has 0 atom stereocenters. The van der Waals surface area contributed by atoms with Crippen LogP contribution in [-0.4, -0.2) is 11.9 Å². The average molecular weight is 324 g/mol. The predicted molar refractivity (Wildman–Crippen MR) is 96.6 cm³/mol. The lowest BCUT2D eigenvalue weighted by Gasteiger charge is -2.18. The maximum atomic E-state index is 12.1. The van der Waals surface area contributed by atoms with Crippen LogP contribution in [-0.2, 0) is 4.74 Å². The van der Waals surface area contributed by atoms with Gasteiger partial charge in [-0.3, -0.25) is 0 Å². The summed E-state index contributed by atoms with van der Waals surface area (Å²) < 4.78 is 4.84. The van der Waals surface area contributed by atoms with Gasteiger partial charge in [-0.25, -0.2) is 9.59 Å². The second kappa shape index (κ2) is 5.02. The smallest absolute Gasteiger partial charge is 0.346 e. The Balaban J connectivity index is 1.92. The summed E-state index contributed by atoms with van der Waals surface area (Å²) in [5, 5.41) is 3.84.